The van der Waals surface area contributed by atoms with E-state index in [9.17, 15) is 9.59 Å². The first-order valence-corrected chi connectivity index (χ1v) is 9.94. The van der Waals surface area contributed by atoms with Crippen molar-refractivity contribution in [2.45, 2.75) is 39.5 Å². The third-order valence-electron chi connectivity index (χ3n) is 4.09. The lowest BCUT2D eigenvalue weighted by molar-refractivity contribution is -0.123. The maximum absolute atomic E-state index is 12.1. The van der Waals surface area contributed by atoms with Crippen molar-refractivity contribution in [3.05, 3.63) is 65.7 Å². The summed E-state index contributed by atoms with van der Waals surface area (Å²) in [5.41, 5.74) is 4.85. The minimum atomic E-state index is -0.369. The lowest BCUT2D eigenvalue weighted by atomic mass is 10.1. The third kappa shape index (κ3) is 7.78. The Labute approximate surface area is 171 Å². The van der Waals surface area contributed by atoms with E-state index in [0.29, 0.717) is 17.9 Å². The smallest absolute Gasteiger partial charge is 0.338 e. The zero-order valence-electron chi connectivity index (χ0n) is 17.0. The van der Waals surface area contributed by atoms with Gasteiger partial charge in [0, 0.05) is 0 Å². The van der Waals surface area contributed by atoms with Crippen LogP contribution >= 0.6 is 0 Å². The molecular formula is C23H28N2O4. The molecule has 0 aliphatic heterocycles. The van der Waals surface area contributed by atoms with Crippen LogP contribution in [0.3, 0.4) is 0 Å². The number of hydrogen-bond acceptors (Lipinski definition) is 5. The Bertz CT molecular complexity index is 801. The standard InChI is InChI=1S/C23H28N2O4/c1-3-5-11-21(18-9-7-6-8-10-18)24-25-22(26)17-29-20-14-12-19(13-15-20)23(27)28-16-4-2/h6-10,12-15H,3-5,11,16-17H2,1-2H3,(H,25,26)/b24-21+. The Morgan fingerprint density at radius 2 is 1.66 bits per heavy atom. The first kappa shape index (κ1) is 22.1. The molecule has 2 aromatic rings. The monoisotopic (exact) mass is 396 g/mol. The Morgan fingerprint density at radius 1 is 0.931 bits per heavy atom. The van der Waals surface area contributed by atoms with Crippen LogP contribution < -0.4 is 10.2 Å². The molecule has 6 heteroatoms. The van der Waals surface area contributed by atoms with E-state index in [0.717, 1.165) is 37.0 Å². The van der Waals surface area contributed by atoms with Crippen LogP contribution in [0.25, 0.3) is 0 Å². The first-order valence-electron chi connectivity index (χ1n) is 9.94. The SMILES string of the molecule is CCCC/C(=N\NC(=O)COc1ccc(C(=O)OCCC)cc1)c1ccccc1. The maximum atomic E-state index is 12.1. The molecular weight excluding hydrogens is 368 g/mol. The van der Waals surface area contributed by atoms with Crippen LogP contribution in [0, 0.1) is 0 Å². The van der Waals surface area contributed by atoms with Crippen LogP contribution in [0.5, 0.6) is 5.75 Å². The van der Waals surface area contributed by atoms with Gasteiger partial charge in [-0.2, -0.15) is 5.10 Å². The second-order valence-electron chi connectivity index (χ2n) is 6.51. The van der Waals surface area contributed by atoms with Gasteiger partial charge in [-0.15, -0.1) is 0 Å². The average Bonchev–Trinajstić information content (AvgIpc) is 2.77. The van der Waals surface area contributed by atoms with Crippen LogP contribution in [-0.2, 0) is 9.53 Å². The van der Waals surface area contributed by atoms with E-state index in [1.165, 1.54) is 0 Å². The molecule has 0 saturated heterocycles. The number of benzene rings is 2. The van der Waals surface area contributed by atoms with Gasteiger partial charge in [0.25, 0.3) is 5.91 Å². The summed E-state index contributed by atoms with van der Waals surface area (Å²) >= 11 is 0. The van der Waals surface area contributed by atoms with E-state index in [4.69, 9.17) is 9.47 Å². The minimum absolute atomic E-state index is 0.168. The lowest BCUT2D eigenvalue weighted by Crippen LogP contribution is -2.26. The minimum Gasteiger partial charge on any atom is -0.484 e. The summed E-state index contributed by atoms with van der Waals surface area (Å²) in [4.78, 5) is 23.9. The van der Waals surface area contributed by atoms with Crippen molar-refractivity contribution in [1.82, 2.24) is 5.43 Å². The van der Waals surface area contributed by atoms with Gasteiger partial charge in [-0.05, 0) is 49.1 Å². The molecule has 0 radical (unpaired) electrons. The predicted molar refractivity (Wildman–Crippen MR) is 113 cm³/mol. The van der Waals surface area contributed by atoms with E-state index in [-0.39, 0.29) is 18.5 Å². The summed E-state index contributed by atoms with van der Waals surface area (Å²) in [7, 11) is 0. The summed E-state index contributed by atoms with van der Waals surface area (Å²) in [6, 6.07) is 16.3. The lowest BCUT2D eigenvalue weighted by Gasteiger charge is -2.09. The molecule has 0 aliphatic carbocycles. The number of amides is 1. The molecule has 2 aromatic carbocycles. The van der Waals surface area contributed by atoms with Gasteiger partial charge in [0.1, 0.15) is 5.75 Å². The van der Waals surface area contributed by atoms with Crippen LogP contribution in [0.2, 0.25) is 0 Å². The molecule has 0 atom stereocenters. The predicted octanol–water partition coefficient (Wildman–Crippen LogP) is 4.34. The van der Waals surface area contributed by atoms with E-state index in [2.05, 4.69) is 17.5 Å². The molecule has 1 amide bonds. The number of unbranched alkanes of at least 4 members (excludes halogenated alkanes) is 1. The number of rotatable bonds is 11. The van der Waals surface area contributed by atoms with E-state index in [1.807, 2.05) is 37.3 Å². The van der Waals surface area contributed by atoms with Gasteiger partial charge in [0.2, 0.25) is 0 Å². The second kappa shape index (κ2) is 12.3. The van der Waals surface area contributed by atoms with Gasteiger partial charge < -0.3 is 9.47 Å². The second-order valence-corrected chi connectivity index (χ2v) is 6.51. The van der Waals surface area contributed by atoms with Crippen LogP contribution in [0.1, 0.15) is 55.5 Å². The summed E-state index contributed by atoms with van der Waals surface area (Å²) in [5, 5.41) is 4.29. The molecule has 0 heterocycles. The first-order chi connectivity index (χ1) is 14.1. The Morgan fingerprint density at radius 3 is 2.31 bits per heavy atom. The van der Waals surface area contributed by atoms with Crippen molar-refractivity contribution in [2.24, 2.45) is 5.10 Å². The number of hydrazone groups is 1. The molecule has 0 saturated carbocycles. The number of esters is 1. The highest BCUT2D eigenvalue weighted by atomic mass is 16.5. The Kier molecular flexibility index (Phi) is 9.42. The van der Waals surface area contributed by atoms with Crippen molar-refractivity contribution in [1.29, 1.82) is 0 Å². The molecule has 0 bridgehead atoms. The Balaban J connectivity index is 1.88. The van der Waals surface area contributed by atoms with Gasteiger partial charge in [0.15, 0.2) is 6.61 Å². The molecule has 0 spiro atoms. The fourth-order valence-electron chi connectivity index (χ4n) is 2.52. The molecule has 2 rings (SSSR count). The summed E-state index contributed by atoms with van der Waals surface area (Å²) in [5.74, 6) is -0.224. The van der Waals surface area contributed by atoms with E-state index >= 15 is 0 Å². The van der Waals surface area contributed by atoms with Crippen molar-refractivity contribution >= 4 is 17.6 Å². The summed E-state index contributed by atoms with van der Waals surface area (Å²) < 4.78 is 10.5. The normalized spacial score (nSPS) is 11.0. The molecule has 0 aliphatic rings. The molecule has 154 valence electrons. The molecule has 0 fully saturated rings. The number of nitrogens with zero attached hydrogens (tertiary/aromatic N) is 1. The number of carbonyl (C=O) groups is 2. The maximum Gasteiger partial charge on any atom is 0.338 e. The zero-order chi connectivity index (χ0) is 20.9. The molecule has 29 heavy (non-hydrogen) atoms. The highest BCUT2D eigenvalue weighted by Crippen LogP contribution is 2.13. The van der Waals surface area contributed by atoms with Gasteiger partial charge >= 0.3 is 5.97 Å². The van der Waals surface area contributed by atoms with Crippen molar-refractivity contribution in [2.75, 3.05) is 13.2 Å². The van der Waals surface area contributed by atoms with Gasteiger partial charge in [-0.1, -0.05) is 50.6 Å². The summed E-state index contributed by atoms with van der Waals surface area (Å²) in [6.07, 6.45) is 3.60. The van der Waals surface area contributed by atoms with Gasteiger partial charge in [-0.3, -0.25) is 4.79 Å². The third-order valence-corrected chi connectivity index (χ3v) is 4.09. The van der Waals surface area contributed by atoms with Gasteiger partial charge in [-0.25, -0.2) is 10.2 Å². The van der Waals surface area contributed by atoms with Crippen molar-refractivity contribution in [3.63, 3.8) is 0 Å². The molecule has 6 nitrogen and oxygen atoms in total. The number of nitrogens with one attached hydrogen (secondary N) is 1. The van der Waals surface area contributed by atoms with E-state index < -0.39 is 0 Å². The van der Waals surface area contributed by atoms with Crippen molar-refractivity contribution in [3.8, 4) is 5.75 Å². The van der Waals surface area contributed by atoms with Crippen LogP contribution in [-0.4, -0.2) is 30.8 Å². The zero-order valence-corrected chi connectivity index (χ0v) is 17.0. The summed E-state index contributed by atoms with van der Waals surface area (Å²) in [6.45, 7) is 4.27. The largest absolute Gasteiger partial charge is 0.484 e. The fourth-order valence-corrected chi connectivity index (χ4v) is 2.52. The van der Waals surface area contributed by atoms with Gasteiger partial charge in [0.05, 0.1) is 17.9 Å². The molecule has 0 aromatic heterocycles. The van der Waals surface area contributed by atoms with E-state index in [1.54, 1.807) is 24.3 Å². The topological polar surface area (TPSA) is 77.0 Å². The fraction of sp³-hybridized carbons (Fsp3) is 0.348. The highest BCUT2D eigenvalue weighted by molar-refractivity contribution is 6.01. The highest BCUT2D eigenvalue weighted by Gasteiger charge is 2.08. The van der Waals surface area contributed by atoms with Crippen LogP contribution in [0.15, 0.2) is 59.7 Å². The number of ether oxygens (including phenoxy) is 2. The quantitative estimate of drug-likeness (QED) is 0.348. The molecule has 1 N–H and O–H groups in total. The Hall–Kier alpha value is -3.15. The average molecular weight is 396 g/mol. The number of hydrogen-bond donors (Lipinski definition) is 1. The van der Waals surface area contributed by atoms with Crippen molar-refractivity contribution < 1.29 is 19.1 Å². The molecule has 0 unspecified atom stereocenters. The number of carbonyl (C=O) groups excluding carboxylic acids is 2. The van der Waals surface area contributed by atoms with Crippen LogP contribution in [0.4, 0.5) is 0 Å².